The van der Waals surface area contributed by atoms with Crippen molar-refractivity contribution < 1.29 is 31.1 Å². The molecule has 0 aliphatic heterocycles. The van der Waals surface area contributed by atoms with E-state index in [1.165, 1.54) is 24.3 Å². The van der Waals surface area contributed by atoms with Gasteiger partial charge in [0, 0.05) is 5.56 Å². The van der Waals surface area contributed by atoms with Gasteiger partial charge in [0.2, 0.25) is 0 Å². The van der Waals surface area contributed by atoms with E-state index in [-0.39, 0.29) is 17.9 Å². The van der Waals surface area contributed by atoms with Crippen LogP contribution in [0, 0.1) is 5.92 Å². The largest absolute Gasteiger partial charge is 0.494 e. The van der Waals surface area contributed by atoms with Gasteiger partial charge in [-0.3, -0.25) is 0 Å². The first-order valence-electron chi connectivity index (χ1n) is 6.15. The lowest BCUT2D eigenvalue weighted by Crippen LogP contribution is -2.45. The molecule has 0 radical (unpaired) electrons. The van der Waals surface area contributed by atoms with Crippen molar-refractivity contribution in [2.75, 3.05) is 13.7 Å². The molecule has 1 aromatic carbocycles. The van der Waals surface area contributed by atoms with Crippen LogP contribution >= 0.6 is 0 Å². The fraction of sp³-hybridized carbons (Fsp3) is 0.538. The van der Waals surface area contributed by atoms with Crippen LogP contribution in [0.3, 0.4) is 0 Å². The SMILES string of the molecule is CCOc1ccccc1C(NC)C(C(F)(F)F)C(F)(F)F. The summed E-state index contributed by atoms with van der Waals surface area (Å²) in [6, 6.07) is 3.40. The van der Waals surface area contributed by atoms with Crippen molar-refractivity contribution in [2.45, 2.75) is 25.3 Å². The van der Waals surface area contributed by atoms with Crippen molar-refractivity contribution in [1.82, 2.24) is 5.32 Å². The maximum atomic E-state index is 12.9. The molecule has 1 atom stereocenters. The van der Waals surface area contributed by atoms with Gasteiger partial charge in [0.15, 0.2) is 5.92 Å². The maximum Gasteiger partial charge on any atom is 0.402 e. The quantitative estimate of drug-likeness (QED) is 0.827. The summed E-state index contributed by atoms with van der Waals surface area (Å²) in [7, 11) is 1.05. The van der Waals surface area contributed by atoms with Crippen LogP contribution < -0.4 is 10.1 Å². The first kappa shape index (κ1) is 17.6. The number of ether oxygens (including phenoxy) is 1. The highest BCUT2D eigenvalue weighted by Crippen LogP contribution is 2.47. The third kappa shape index (κ3) is 4.26. The van der Waals surface area contributed by atoms with Crippen molar-refractivity contribution in [3.8, 4) is 5.75 Å². The van der Waals surface area contributed by atoms with E-state index < -0.39 is 24.3 Å². The van der Waals surface area contributed by atoms with Gasteiger partial charge < -0.3 is 10.1 Å². The zero-order valence-corrected chi connectivity index (χ0v) is 11.3. The first-order chi connectivity index (χ1) is 9.62. The Labute approximate surface area is 118 Å². The molecule has 1 aromatic rings. The molecule has 0 amide bonds. The van der Waals surface area contributed by atoms with E-state index in [9.17, 15) is 26.3 Å². The van der Waals surface area contributed by atoms with Crippen LogP contribution in [0.2, 0.25) is 0 Å². The highest BCUT2D eigenvalue weighted by atomic mass is 19.4. The molecular formula is C13H15F6NO. The van der Waals surface area contributed by atoms with E-state index in [0.717, 1.165) is 7.05 Å². The predicted molar refractivity (Wildman–Crippen MR) is 65.0 cm³/mol. The molecule has 8 heteroatoms. The average Bonchev–Trinajstić information content (AvgIpc) is 2.34. The number of hydrogen-bond acceptors (Lipinski definition) is 2. The first-order valence-corrected chi connectivity index (χ1v) is 6.15. The Morgan fingerprint density at radius 2 is 1.57 bits per heavy atom. The molecule has 120 valence electrons. The van der Waals surface area contributed by atoms with Crippen molar-refractivity contribution >= 4 is 0 Å². The molecule has 1 rings (SSSR count). The zero-order chi connectivity index (χ0) is 16.3. The Hall–Kier alpha value is -1.44. The summed E-state index contributed by atoms with van der Waals surface area (Å²) >= 11 is 0. The summed E-state index contributed by atoms with van der Waals surface area (Å²) in [5.74, 6) is -3.52. The average molecular weight is 315 g/mol. The maximum absolute atomic E-state index is 12.9. The van der Waals surface area contributed by atoms with E-state index in [1.54, 1.807) is 6.92 Å². The van der Waals surface area contributed by atoms with E-state index in [2.05, 4.69) is 5.32 Å². The van der Waals surface area contributed by atoms with Gasteiger partial charge in [-0.1, -0.05) is 18.2 Å². The topological polar surface area (TPSA) is 21.3 Å². The minimum absolute atomic E-state index is 0.00199. The van der Waals surface area contributed by atoms with Gasteiger partial charge in [0.05, 0.1) is 12.6 Å². The Morgan fingerprint density at radius 3 is 2.00 bits per heavy atom. The van der Waals surface area contributed by atoms with E-state index in [0.29, 0.717) is 0 Å². The summed E-state index contributed by atoms with van der Waals surface area (Å²) in [6.45, 7) is 1.73. The zero-order valence-electron chi connectivity index (χ0n) is 11.3. The number of rotatable bonds is 5. The second-order valence-corrected chi connectivity index (χ2v) is 4.30. The third-order valence-electron chi connectivity index (χ3n) is 2.90. The molecule has 21 heavy (non-hydrogen) atoms. The van der Waals surface area contributed by atoms with Gasteiger partial charge in [-0.05, 0) is 20.0 Å². The molecule has 0 saturated carbocycles. The molecule has 0 spiro atoms. The number of nitrogens with one attached hydrogen (secondary N) is 1. The normalized spacial score (nSPS) is 14.3. The van der Waals surface area contributed by atoms with Crippen LogP contribution in [-0.2, 0) is 0 Å². The second-order valence-electron chi connectivity index (χ2n) is 4.30. The smallest absolute Gasteiger partial charge is 0.402 e. The second kappa shape index (κ2) is 6.55. The Morgan fingerprint density at radius 1 is 1.05 bits per heavy atom. The van der Waals surface area contributed by atoms with Crippen LogP contribution in [0.5, 0.6) is 5.75 Å². The van der Waals surface area contributed by atoms with Crippen LogP contribution in [0.1, 0.15) is 18.5 Å². The molecule has 0 aliphatic rings. The molecule has 1 N–H and O–H groups in total. The molecule has 2 nitrogen and oxygen atoms in total. The highest BCUT2D eigenvalue weighted by Gasteiger charge is 2.60. The number of alkyl halides is 6. The van der Waals surface area contributed by atoms with E-state index in [1.807, 2.05) is 0 Å². The van der Waals surface area contributed by atoms with Crippen LogP contribution in [-0.4, -0.2) is 26.0 Å². The standard InChI is InChI=1S/C13H15F6NO/c1-3-21-9-7-5-4-6-8(9)10(20-2)11(12(14,15)16)13(17,18)19/h4-7,10-11,20H,3H2,1-2H3. The van der Waals surface area contributed by atoms with Crippen LogP contribution in [0.4, 0.5) is 26.3 Å². The van der Waals surface area contributed by atoms with Gasteiger partial charge in [-0.15, -0.1) is 0 Å². The van der Waals surface area contributed by atoms with Gasteiger partial charge >= 0.3 is 12.4 Å². The summed E-state index contributed by atoms with van der Waals surface area (Å²) in [5.41, 5.74) is -0.179. The van der Waals surface area contributed by atoms with E-state index in [4.69, 9.17) is 4.74 Å². The fourth-order valence-corrected chi connectivity index (χ4v) is 2.09. The summed E-state index contributed by atoms with van der Waals surface area (Å²) in [5, 5.41) is 2.11. The minimum Gasteiger partial charge on any atom is -0.494 e. The molecule has 0 bridgehead atoms. The summed E-state index contributed by atoms with van der Waals surface area (Å²) in [4.78, 5) is 0. The predicted octanol–water partition coefficient (Wildman–Crippen LogP) is 4.09. The molecule has 0 heterocycles. The molecule has 0 aromatic heterocycles. The number of halogens is 6. The number of hydrogen-bond donors (Lipinski definition) is 1. The van der Waals surface area contributed by atoms with Gasteiger partial charge in [-0.25, -0.2) is 0 Å². The number of benzene rings is 1. The minimum atomic E-state index is -5.43. The van der Waals surface area contributed by atoms with Gasteiger partial charge in [0.25, 0.3) is 0 Å². The van der Waals surface area contributed by atoms with Crippen molar-refractivity contribution in [3.63, 3.8) is 0 Å². The fourth-order valence-electron chi connectivity index (χ4n) is 2.09. The molecule has 1 unspecified atom stereocenters. The lowest BCUT2D eigenvalue weighted by Gasteiger charge is -2.31. The van der Waals surface area contributed by atoms with Crippen LogP contribution in [0.25, 0.3) is 0 Å². The lowest BCUT2D eigenvalue weighted by atomic mass is 9.91. The van der Waals surface area contributed by atoms with Gasteiger partial charge in [0.1, 0.15) is 5.75 Å². The third-order valence-corrected chi connectivity index (χ3v) is 2.90. The Kier molecular flexibility index (Phi) is 5.49. The number of para-hydroxylation sites is 1. The van der Waals surface area contributed by atoms with Crippen molar-refractivity contribution in [1.29, 1.82) is 0 Å². The molecule has 0 saturated heterocycles. The Balaban J connectivity index is 3.34. The Bertz CT molecular complexity index is 443. The molecular weight excluding hydrogens is 300 g/mol. The molecule has 0 aliphatic carbocycles. The molecule has 0 fully saturated rings. The van der Waals surface area contributed by atoms with Crippen LogP contribution in [0.15, 0.2) is 24.3 Å². The van der Waals surface area contributed by atoms with Gasteiger partial charge in [-0.2, -0.15) is 26.3 Å². The lowest BCUT2D eigenvalue weighted by molar-refractivity contribution is -0.292. The highest BCUT2D eigenvalue weighted by molar-refractivity contribution is 5.36. The van der Waals surface area contributed by atoms with Crippen molar-refractivity contribution in [3.05, 3.63) is 29.8 Å². The van der Waals surface area contributed by atoms with Crippen molar-refractivity contribution in [2.24, 2.45) is 5.92 Å². The summed E-state index contributed by atoms with van der Waals surface area (Å²) in [6.07, 6.45) is -10.9. The summed E-state index contributed by atoms with van der Waals surface area (Å²) < 4.78 is 82.3. The monoisotopic (exact) mass is 315 g/mol. The van der Waals surface area contributed by atoms with E-state index >= 15 is 0 Å².